The van der Waals surface area contributed by atoms with E-state index >= 15 is 0 Å². The molecule has 1 N–H and O–H groups in total. The van der Waals surface area contributed by atoms with Crippen LogP contribution in [0.2, 0.25) is 0 Å². The minimum atomic E-state index is -0.209. The van der Waals surface area contributed by atoms with Gasteiger partial charge in [0.05, 0.1) is 12.0 Å². The fourth-order valence-corrected chi connectivity index (χ4v) is 2.91. The Morgan fingerprint density at radius 3 is 2.79 bits per heavy atom. The van der Waals surface area contributed by atoms with Gasteiger partial charge in [0, 0.05) is 37.4 Å². The molecule has 1 aromatic carbocycles. The van der Waals surface area contributed by atoms with Crippen molar-refractivity contribution in [3.8, 4) is 6.07 Å². The second kappa shape index (κ2) is 7.82. The first kappa shape index (κ1) is 17.8. The summed E-state index contributed by atoms with van der Waals surface area (Å²) in [5.74, 6) is -0.0622. The normalized spacial score (nSPS) is 14.6. The molecule has 3 amide bonds. The lowest BCUT2D eigenvalue weighted by Gasteiger charge is -2.29. The van der Waals surface area contributed by atoms with E-state index < -0.39 is 0 Å². The number of nitriles is 1. The highest BCUT2D eigenvalue weighted by molar-refractivity contribution is 5.97. The van der Waals surface area contributed by atoms with Crippen LogP contribution in [-0.4, -0.2) is 36.5 Å². The molecule has 1 aliphatic heterocycles. The van der Waals surface area contributed by atoms with E-state index in [0.717, 1.165) is 11.3 Å². The van der Waals surface area contributed by atoms with Gasteiger partial charge in [0.2, 0.25) is 5.91 Å². The van der Waals surface area contributed by atoms with Gasteiger partial charge in [-0.1, -0.05) is 0 Å². The van der Waals surface area contributed by atoms with Crippen molar-refractivity contribution >= 4 is 23.3 Å². The molecule has 0 aliphatic carbocycles. The lowest BCUT2D eigenvalue weighted by Crippen LogP contribution is -2.38. The largest absolute Gasteiger partial charge is 0.324 e. The van der Waals surface area contributed by atoms with Crippen LogP contribution in [0.4, 0.5) is 16.2 Å². The zero-order valence-corrected chi connectivity index (χ0v) is 14.5. The molecule has 0 fully saturated rings. The van der Waals surface area contributed by atoms with Crippen molar-refractivity contribution < 1.29 is 9.59 Å². The van der Waals surface area contributed by atoms with Gasteiger partial charge in [-0.05, 0) is 51.0 Å². The Morgan fingerprint density at radius 2 is 2.17 bits per heavy atom. The van der Waals surface area contributed by atoms with E-state index in [1.807, 2.05) is 32.0 Å². The Bertz CT molecular complexity index is 665. The van der Waals surface area contributed by atoms with Gasteiger partial charge in [0.15, 0.2) is 0 Å². The minimum Gasteiger partial charge on any atom is -0.324 e. The molecule has 0 bridgehead atoms. The highest BCUT2D eigenvalue weighted by Crippen LogP contribution is 2.30. The molecule has 6 heteroatoms. The molecule has 0 saturated heterocycles. The summed E-state index contributed by atoms with van der Waals surface area (Å²) < 4.78 is 0. The van der Waals surface area contributed by atoms with E-state index in [0.29, 0.717) is 38.2 Å². The monoisotopic (exact) mass is 328 g/mol. The number of nitrogens with zero attached hydrogens (tertiary/aromatic N) is 3. The lowest BCUT2D eigenvalue weighted by atomic mass is 10.0. The standard InChI is InChI=1S/C18H24N4O2/c1-4-21(12-13(3)11-19)18(24)20-15-7-8-16-14(10-15)6-9-17(23)22(16)5-2/h7-8,10,13H,4-6,9,12H2,1-3H3,(H,20,24)/t13-/m1/s1. The molecular formula is C18H24N4O2. The van der Waals surface area contributed by atoms with E-state index in [-0.39, 0.29) is 17.9 Å². The third-order valence-corrected chi connectivity index (χ3v) is 4.23. The maximum Gasteiger partial charge on any atom is 0.321 e. The zero-order valence-electron chi connectivity index (χ0n) is 14.5. The number of hydrogen-bond acceptors (Lipinski definition) is 3. The van der Waals surface area contributed by atoms with Crippen molar-refractivity contribution in [1.29, 1.82) is 5.26 Å². The predicted octanol–water partition coefficient (Wildman–Crippen LogP) is 3.00. The average molecular weight is 328 g/mol. The first-order chi connectivity index (χ1) is 11.5. The number of carbonyl (C=O) groups is 2. The second-order valence-corrected chi connectivity index (χ2v) is 5.98. The van der Waals surface area contributed by atoms with E-state index in [1.165, 1.54) is 0 Å². The topological polar surface area (TPSA) is 76.4 Å². The molecule has 0 aromatic heterocycles. The van der Waals surface area contributed by atoms with Crippen LogP contribution < -0.4 is 10.2 Å². The first-order valence-electron chi connectivity index (χ1n) is 8.38. The second-order valence-electron chi connectivity index (χ2n) is 5.98. The molecular weight excluding hydrogens is 304 g/mol. The predicted molar refractivity (Wildman–Crippen MR) is 93.8 cm³/mol. The van der Waals surface area contributed by atoms with E-state index in [9.17, 15) is 9.59 Å². The van der Waals surface area contributed by atoms with E-state index in [1.54, 1.807) is 16.7 Å². The first-order valence-corrected chi connectivity index (χ1v) is 8.38. The molecule has 1 aromatic rings. The number of amides is 3. The molecule has 0 saturated carbocycles. The van der Waals surface area contributed by atoms with Crippen LogP contribution in [0.3, 0.4) is 0 Å². The number of aryl methyl sites for hydroxylation is 1. The molecule has 1 aliphatic rings. The summed E-state index contributed by atoms with van der Waals surface area (Å²) in [6.07, 6.45) is 1.19. The summed E-state index contributed by atoms with van der Waals surface area (Å²) in [5.41, 5.74) is 2.71. The summed E-state index contributed by atoms with van der Waals surface area (Å²) in [4.78, 5) is 27.7. The van der Waals surface area contributed by atoms with Crippen molar-refractivity contribution in [2.24, 2.45) is 5.92 Å². The van der Waals surface area contributed by atoms with Crippen LogP contribution in [0, 0.1) is 17.2 Å². The summed E-state index contributed by atoms with van der Waals surface area (Å²) in [5, 5.41) is 11.8. The van der Waals surface area contributed by atoms with Crippen molar-refractivity contribution in [3.05, 3.63) is 23.8 Å². The highest BCUT2D eigenvalue weighted by Gasteiger charge is 2.23. The fraction of sp³-hybridized carbons (Fsp3) is 0.500. The smallest absolute Gasteiger partial charge is 0.321 e. The summed E-state index contributed by atoms with van der Waals surface area (Å²) in [6, 6.07) is 7.58. The van der Waals surface area contributed by atoms with Crippen molar-refractivity contribution in [1.82, 2.24) is 4.90 Å². The molecule has 1 atom stereocenters. The van der Waals surface area contributed by atoms with Crippen LogP contribution >= 0.6 is 0 Å². The minimum absolute atomic E-state index is 0.143. The van der Waals surface area contributed by atoms with Crippen LogP contribution in [-0.2, 0) is 11.2 Å². The quantitative estimate of drug-likeness (QED) is 0.902. The molecule has 1 heterocycles. The molecule has 0 unspecified atom stereocenters. The van der Waals surface area contributed by atoms with Gasteiger partial charge in [-0.2, -0.15) is 5.26 Å². The maximum atomic E-state index is 12.4. The van der Waals surface area contributed by atoms with Crippen LogP contribution in [0.25, 0.3) is 0 Å². The van der Waals surface area contributed by atoms with Crippen molar-refractivity contribution in [2.75, 3.05) is 29.9 Å². The van der Waals surface area contributed by atoms with Gasteiger partial charge in [0.25, 0.3) is 0 Å². The zero-order chi connectivity index (χ0) is 17.7. The van der Waals surface area contributed by atoms with Gasteiger partial charge in [-0.15, -0.1) is 0 Å². The molecule has 2 rings (SSSR count). The molecule has 24 heavy (non-hydrogen) atoms. The van der Waals surface area contributed by atoms with E-state index in [2.05, 4.69) is 11.4 Å². The van der Waals surface area contributed by atoms with Crippen molar-refractivity contribution in [3.63, 3.8) is 0 Å². The third kappa shape index (κ3) is 3.85. The van der Waals surface area contributed by atoms with Gasteiger partial charge in [0.1, 0.15) is 0 Å². The summed E-state index contributed by atoms with van der Waals surface area (Å²) >= 11 is 0. The summed E-state index contributed by atoms with van der Waals surface area (Å²) in [7, 11) is 0. The summed E-state index contributed by atoms with van der Waals surface area (Å²) in [6.45, 7) is 7.24. The lowest BCUT2D eigenvalue weighted by molar-refractivity contribution is -0.118. The van der Waals surface area contributed by atoms with Crippen LogP contribution in [0.1, 0.15) is 32.8 Å². The van der Waals surface area contributed by atoms with Gasteiger partial charge < -0.3 is 15.1 Å². The average Bonchev–Trinajstić information content (AvgIpc) is 2.59. The molecule has 6 nitrogen and oxygen atoms in total. The van der Waals surface area contributed by atoms with Crippen LogP contribution in [0.5, 0.6) is 0 Å². The Kier molecular flexibility index (Phi) is 5.80. The Morgan fingerprint density at radius 1 is 1.42 bits per heavy atom. The number of nitrogens with one attached hydrogen (secondary N) is 1. The number of carbonyl (C=O) groups excluding carboxylic acids is 2. The van der Waals surface area contributed by atoms with Crippen LogP contribution in [0.15, 0.2) is 18.2 Å². The Balaban J connectivity index is 2.12. The number of fused-ring (bicyclic) bond motifs is 1. The Hall–Kier alpha value is -2.55. The van der Waals surface area contributed by atoms with Gasteiger partial charge >= 0.3 is 6.03 Å². The SMILES string of the molecule is CCN(C[C@H](C)C#N)C(=O)Nc1ccc2c(c1)CCC(=O)N2CC. The van der Waals surface area contributed by atoms with E-state index in [4.69, 9.17) is 5.26 Å². The number of benzene rings is 1. The van der Waals surface area contributed by atoms with Crippen molar-refractivity contribution in [2.45, 2.75) is 33.6 Å². The number of hydrogen-bond donors (Lipinski definition) is 1. The maximum absolute atomic E-state index is 12.4. The third-order valence-electron chi connectivity index (χ3n) is 4.23. The van der Waals surface area contributed by atoms with Gasteiger partial charge in [-0.25, -0.2) is 4.79 Å². The Labute approximate surface area is 143 Å². The number of urea groups is 1. The molecule has 128 valence electrons. The number of anilines is 2. The van der Waals surface area contributed by atoms with Gasteiger partial charge in [-0.3, -0.25) is 4.79 Å². The molecule has 0 radical (unpaired) electrons. The fourth-order valence-electron chi connectivity index (χ4n) is 2.91. The number of rotatable bonds is 5. The highest BCUT2D eigenvalue weighted by atomic mass is 16.2. The molecule has 0 spiro atoms.